The van der Waals surface area contributed by atoms with Crippen molar-refractivity contribution in [1.29, 1.82) is 0 Å². The summed E-state index contributed by atoms with van der Waals surface area (Å²) in [6.07, 6.45) is 7.08. The van der Waals surface area contributed by atoms with Crippen LogP contribution in [-0.4, -0.2) is 49.9 Å². The van der Waals surface area contributed by atoms with Gasteiger partial charge in [0.05, 0.1) is 12.8 Å². The molecule has 0 spiro atoms. The Hall–Kier alpha value is -3.89. The summed E-state index contributed by atoms with van der Waals surface area (Å²) >= 11 is 1.76. The molecule has 5 aromatic rings. The zero-order chi connectivity index (χ0) is 25.2. The first-order valence-corrected chi connectivity index (χ1v) is 12.8. The van der Waals surface area contributed by atoms with Crippen molar-refractivity contribution in [3.8, 4) is 28.4 Å². The van der Waals surface area contributed by atoms with Gasteiger partial charge in [-0.2, -0.15) is 4.98 Å². The number of halogens is 1. The van der Waals surface area contributed by atoms with E-state index < -0.39 is 0 Å². The highest BCUT2D eigenvalue weighted by Crippen LogP contribution is 2.33. The fourth-order valence-electron chi connectivity index (χ4n) is 4.48. The largest absolute Gasteiger partial charge is 0.497 e. The molecule has 0 atom stereocenters. The maximum Gasteiger partial charge on any atom is 0.306 e. The summed E-state index contributed by atoms with van der Waals surface area (Å²) in [4.78, 5) is 15.1. The third-order valence-electron chi connectivity index (χ3n) is 6.34. The van der Waals surface area contributed by atoms with Gasteiger partial charge < -0.3 is 14.5 Å². The number of hydrogen-bond donors (Lipinski definition) is 1. The highest BCUT2D eigenvalue weighted by Gasteiger charge is 2.22. The molecule has 3 aromatic heterocycles. The quantitative estimate of drug-likeness (QED) is 0.273. The first-order chi connectivity index (χ1) is 18.2. The van der Waals surface area contributed by atoms with Crippen LogP contribution in [0.5, 0.6) is 5.75 Å². The lowest BCUT2D eigenvalue weighted by molar-refractivity contribution is 0.357. The maximum atomic E-state index is 13.5. The third-order valence-corrected chi connectivity index (χ3v) is 7.43. The molecule has 0 aliphatic carbocycles. The van der Waals surface area contributed by atoms with E-state index in [1.807, 2.05) is 22.6 Å². The topological polar surface area (TPSA) is 80.7 Å². The maximum absolute atomic E-state index is 13.5. The number of fused-ring (bicyclic) bond motifs is 1. The summed E-state index contributed by atoms with van der Waals surface area (Å²) in [5.74, 6) is 1.59. The fraction of sp³-hybridized carbons (Fsp3) is 0.222. The molecule has 0 saturated carbocycles. The molecule has 6 rings (SSSR count). The normalized spacial score (nSPS) is 14.8. The lowest BCUT2D eigenvalue weighted by atomic mass is 10.1. The summed E-state index contributed by atoms with van der Waals surface area (Å²) in [5.41, 5.74) is 2.93. The van der Waals surface area contributed by atoms with Crippen molar-refractivity contribution < 1.29 is 13.5 Å². The van der Waals surface area contributed by atoms with E-state index in [4.69, 9.17) is 14.1 Å². The van der Waals surface area contributed by atoms with Gasteiger partial charge in [-0.3, -0.25) is 4.40 Å². The Kier molecular flexibility index (Phi) is 6.50. The van der Waals surface area contributed by atoms with E-state index in [-0.39, 0.29) is 11.9 Å². The number of ether oxygens (including phenoxy) is 1. The Bertz CT molecular complexity index is 1510. The molecule has 0 amide bonds. The van der Waals surface area contributed by atoms with Crippen molar-refractivity contribution >= 4 is 23.7 Å². The van der Waals surface area contributed by atoms with Gasteiger partial charge in [-0.1, -0.05) is 6.07 Å². The van der Waals surface area contributed by atoms with Gasteiger partial charge in [-0.15, -0.1) is 0 Å². The molecule has 37 heavy (non-hydrogen) atoms. The Morgan fingerprint density at radius 1 is 1.08 bits per heavy atom. The average Bonchev–Trinajstić information content (AvgIpc) is 3.52. The van der Waals surface area contributed by atoms with E-state index >= 15 is 0 Å². The second-order valence-electron chi connectivity index (χ2n) is 8.75. The number of nitrogens with one attached hydrogen (secondary N) is 1. The van der Waals surface area contributed by atoms with Gasteiger partial charge >= 0.3 is 5.84 Å². The monoisotopic (exact) mass is 516 g/mol. The lowest BCUT2D eigenvalue weighted by Crippen LogP contribution is -2.35. The molecule has 0 bridgehead atoms. The van der Waals surface area contributed by atoms with Crippen LogP contribution in [0.3, 0.4) is 0 Å². The molecule has 1 aliphatic rings. The summed E-state index contributed by atoms with van der Waals surface area (Å²) in [6, 6.07) is 16.5. The van der Waals surface area contributed by atoms with Crippen molar-refractivity contribution in [2.24, 2.45) is 0 Å². The third kappa shape index (κ3) is 5.03. The standard InChI is InChI=1S/C27H25FN6O2S/c1-35-21-3-2-4-22(17-21)37-33-13-10-20(11-14-33)30-26-29-12-9-23(31-26)25-24(18-5-7-19(28)8-6-18)32-27-34(25)15-16-36-27/h2-9,12,15-17,20H,10-11,13-14H2,1H3,(H,29,30,31). The van der Waals surface area contributed by atoms with E-state index in [9.17, 15) is 4.39 Å². The Morgan fingerprint density at radius 3 is 2.73 bits per heavy atom. The van der Waals surface area contributed by atoms with Crippen molar-refractivity contribution in [2.75, 3.05) is 25.5 Å². The average molecular weight is 517 g/mol. The summed E-state index contributed by atoms with van der Waals surface area (Å²) in [5, 5.41) is 3.51. The second-order valence-corrected chi connectivity index (χ2v) is 9.93. The van der Waals surface area contributed by atoms with Gasteiger partial charge in [0.2, 0.25) is 5.95 Å². The van der Waals surface area contributed by atoms with Crippen LogP contribution >= 0.6 is 11.9 Å². The van der Waals surface area contributed by atoms with Gasteiger partial charge in [-0.25, -0.2) is 18.7 Å². The zero-order valence-electron chi connectivity index (χ0n) is 20.2. The van der Waals surface area contributed by atoms with Crippen molar-refractivity contribution in [3.63, 3.8) is 0 Å². The summed E-state index contributed by atoms with van der Waals surface area (Å²) < 4.78 is 28.6. The minimum absolute atomic E-state index is 0.272. The minimum atomic E-state index is -0.297. The number of piperidine rings is 1. The number of benzene rings is 2. The van der Waals surface area contributed by atoms with Crippen LogP contribution in [0.25, 0.3) is 28.5 Å². The van der Waals surface area contributed by atoms with Gasteiger partial charge in [-0.05, 0) is 73.3 Å². The number of hydrogen-bond acceptors (Lipinski definition) is 8. The first-order valence-electron chi connectivity index (χ1n) is 12.0. The van der Waals surface area contributed by atoms with Gasteiger partial charge in [0, 0.05) is 42.0 Å². The lowest BCUT2D eigenvalue weighted by Gasteiger charge is -2.31. The van der Waals surface area contributed by atoms with Gasteiger partial charge in [0.25, 0.3) is 0 Å². The molecule has 0 radical (unpaired) electrons. The number of nitrogens with zero attached hydrogens (tertiary/aromatic N) is 5. The minimum Gasteiger partial charge on any atom is -0.497 e. The number of methoxy groups -OCH3 is 1. The number of aromatic nitrogens is 4. The van der Waals surface area contributed by atoms with Crippen LogP contribution in [0.4, 0.5) is 10.3 Å². The first kappa shape index (κ1) is 23.5. The molecular weight excluding hydrogens is 491 g/mol. The van der Waals surface area contributed by atoms with E-state index in [2.05, 4.69) is 31.7 Å². The summed E-state index contributed by atoms with van der Waals surface area (Å²) in [7, 11) is 1.69. The molecule has 1 aliphatic heterocycles. The predicted octanol–water partition coefficient (Wildman–Crippen LogP) is 5.78. The molecule has 1 fully saturated rings. The molecule has 10 heteroatoms. The number of rotatable bonds is 7. The van der Waals surface area contributed by atoms with Crippen molar-refractivity contribution in [1.82, 2.24) is 23.7 Å². The smallest absolute Gasteiger partial charge is 0.306 e. The zero-order valence-corrected chi connectivity index (χ0v) is 21.0. The fourth-order valence-corrected chi connectivity index (χ4v) is 5.48. The Labute approximate surface area is 217 Å². The molecule has 1 N–H and O–H groups in total. The van der Waals surface area contributed by atoms with Crippen LogP contribution in [0.15, 0.2) is 82.6 Å². The van der Waals surface area contributed by atoms with E-state index in [1.54, 1.807) is 49.8 Å². The molecule has 4 heterocycles. The molecule has 8 nitrogen and oxygen atoms in total. The van der Waals surface area contributed by atoms with Crippen LogP contribution < -0.4 is 10.1 Å². The SMILES string of the molecule is COc1cccc(SN2CCC(Nc3nccc(-c4c(-c5ccc(F)cc5)nc5occn45)n3)CC2)c1. The molecule has 2 aromatic carbocycles. The molecular formula is C27H25FN6O2S. The van der Waals surface area contributed by atoms with Crippen molar-refractivity contribution in [3.05, 3.63) is 79.1 Å². The second kappa shape index (κ2) is 10.2. The van der Waals surface area contributed by atoms with Crippen LogP contribution in [0.2, 0.25) is 0 Å². The highest BCUT2D eigenvalue weighted by molar-refractivity contribution is 7.97. The molecule has 1 saturated heterocycles. The van der Waals surface area contributed by atoms with Crippen LogP contribution in [-0.2, 0) is 0 Å². The van der Waals surface area contributed by atoms with Crippen molar-refractivity contribution in [2.45, 2.75) is 23.8 Å². The number of anilines is 1. The van der Waals surface area contributed by atoms with Gasteiger partial charge in [0.1, 0.15) is 29.2 Å². The van der Waals surface area contributed by atoms with Crippen LogP contribution in [0.1, 0.15) is 12.8 Å². The van der Waals surface area contributed by atoms with E-state index in [0.29, 0.717) is 23.2 Å². The van der Waals surface area contributed by atoms with Crippen LogP contribution in [0, 0.1) is 5.82 Å². The number of imidazole rings is 1. The van der Waals surface area contributed by atoms with E-state index in [0.717, 1.165) is 42.9 Å². The molecule has 188 valence electrons. The number of oxazole rings is 1. The summed E-state index contributed by atoms with van der Waals surface area (Å²) in [6.45, 7) is 1.90. The Balaban J connectivity index is 1.17. The highest BCUT2D eigenvalue weighted by atomic mass is 32.2. The predicted molar refractivity (Wildman–Crippen MR) is 141 cm³/mol. The Morgan fingerprint density at radius 2 is 1.92 bits per heavy atom. The van der Waals surface area contributed by atoms with E-state index in [1.165, 1.54) is 17.0 Å². The molecule has 0 unspecified atom stereocenters. The van der Waals surface area contributed by atoms with Gasteiger partial charge in [0.15, 0.2) is 0 Å².